The number of aromatic nitrogens is 2. The van der Waals surface area contributed by atoms with Gasteiger partial charge in [0.1, 0.15) is 11.0 Å². The van der Waals surface area contributed by atoms with Crippen LogP contribution in [0.25, 0.3) is 55.5 Å². The standard InChI is InChI=1S/C44H44N2S/c1-5-23-43(24-6-2)37-15-11-9-13-33(37)35-19-17-29(27-39(35)43)31-21-22-32(42-41(31)45-47-46-42)30-18-20-36-34-14-10-12-16-38(34)44(25-7-3,26-8-4)40(36)28-30/h9-22,27-28H,5-8,23-26H2,1-4H3. The molecule has 3 heteroatoms. The molecular formula is C44H44N2S. The summed E-state index contributed by atoms with van der Waals surface area (Å²) in [5.41, 5.74) is 18.6. The van der Waals surface area contributed by atoms with Crippen LogP contribution in [0.1, 0.15) is 101 Å². The summed E-state index contributed by atoms with van der Waals surface area (Å²) in [6.07, 6.45) is 9.32. The van der Waals surface area contributed by atoms with Gasteiger partial charge in [0.05, 0.1) is 11.7 Å². The van der Waals surface area contributed by atoms with Crippen molar-refractivity contribution in [2.24, 2.45) is 0 Å². The smallest absolute Gasteiger partial charge is 0.113 e. The normalized spacial score (nSPS) is 15.0. The Hall–Kier alpha value is -4.08. The fourth-order valence-corrected chi connectivity index (χ4v) is 10.2. The van der Waals surface area contributed by atoms with Gasteiger partial charge in [-0.2, -0.15) is 8.75 Å². The van der Waals surface area contributed by atoms with Crippen LogP contribution >= 0.6 is 11.7 Å². The van der Waals surface area contributed by atoms with Gasteiger partial charge in [-0.25, -0.2) is 0 Å². The van der Waals surface area contributed by atoms with Crippen LogP contribution in [0.15, 0.2) is 97.1 Å². The average molecular weight is 633 g/mol. The molecule has 0 bridgehead atoms. The summed E-state index contributed by atoms with van der Waals surface area (Å²) in [5, 5.41) is 0. The van der Waals surface area contributed by atoms with Gasteiger partial charge in [0, 0.05) is 22.0 Å². The molecule has 0 amide bonds. The highest BCUT2D eigenvalue weighted by molar-refractivity contribution is 7.00. The Labute approximate surface area is 284 Å². The van der Waals surface area contributed by atoms with E-state index in [1.807, 2.05) is 0 Å². The zero-order valence-corrected chi connectivity index (χ0v) is 29.0. The molecule has 0 radical (unpaired) electrons. The monoisotopic (exact) mass is 632 g/mol. The summed E-state index contributed by atoms with van der Waals surface area (Å²) in [6.45, 7) is 9.32. The molecule has 0 N–H and O–H groups in total. The summed E-state index contributed by atoms with van der Waals surface area (Å²) in [6, 6.07) is 37.2. The van der Waals surface area contributed by atoms with E-state index in [4.69, 9.17) is 8.75 Å². The topological polar surface area (TPSA) is 25.8 Å². The first-order valence-electron chi connectivity index (χ1n) is 17.8. The van der Waals surface area contributed by atoms with Gasteiger partial charge >= 0.3 is 0 Å². The fourth-order valence-electron chi connectivity index (χ4n) is 9.61. The Bertz CT molecular complexity index is 1960. The van der Waals surface area contributed by atoms with E-state index >= 15 is 0 Å². The van der Waals surface area contributed by atoms with Gasteiger partial charge < -0.3 is 0 Å². The third-order valence-electron chi connectivity index (χ3n) is 11.3. The molecule has 0 saturated carbocycles. The number of nitrogens with zero attached hydrogens (tertiary/aromatic N) is 2. The summed E-state index contributed by atoms with van der Waals surface area (Å²) >= 11 is 1.33. The van der Waals surface area contributed by atoms with Crippen LogP contribution in [-0.4, -0.2) is 8.75 Å². The van der Waals surface area contributed by atoms with Crippen molar-refractivity contribution in [2.75, 3.05) is 0 Å². The Balaban J connectivity index is 1.26. The molecule has 0 spiro atoms. The maximum absolute atomic E-state index is 4.95. The highest BCUT2D eigenvalue weighted by atomic mass is 32.1. The molecule has 0 fully saturated rings. The van der Waals surface area contributed by atoms with Crippen LogP contribution in [0, 0.1) is 0 Å². The molecule has 5 aromatic carbocycles. The maximum Gasteiger partial charge on any atom is 0.113 e. The molecule has 47 heavy (non-hydrogen) atoms. The zero-order valence-electron chi connectivity index (χ0n) is 28.2. The van der Waals surface area contributed by atoms with Crippen molar-refractivity contribution in [1.29, 1.82) is 0 Å². The van der Waals surface area contributed by atoms with Gasteiger partial charge in [-0.1, -0.05) is 138 Å². The SMILES string of the molecule is CCCC1(CCC)c2ccccc2-c2ccc(-c3ccc(-c4ccc5c(c4)C(CCC)(CCC)c4ccccc4-5)c4nsnc34)cc21. The van der Waals surface area contributed by atoms with E-state index in [1.165, 1.54) is 104 Å². The number of hydrogen-bond donors (Lipinski definition) is 0. The van der Waals surface area contributed by atoms with Gasteiger partial charge in [0.2, 0.25) is 0 Å². The van der Waals surface area contributed by atoms with Crippen LogP contribution in [-0.2, 0) is 10.8 Å². The Morgan fingerprint density at radius 1 is 0.426 bits per heavy atom. The first-order chi connectivity index (χ1) is 23.1. The Morgan fingerprint density at radius 3 is 1.19 bits per heavy atom. The molecule has 1 aromatic heterocycles. The third kappa shape index (κ3) is 4.42. The molecule has 0 saturated heterocycles. The van der Waals surface area contributed by atoms with Crippen molar-refractivity contribution in [2.45, 2.75) is 89.9 Å². The van der Waals surface area contributed by atoms with Crippen LogP contribution in [0.2, 0.25) is 0 Å². The van der Waals surface area contributed by atoms with Gasteiger partial charge in [0.25, 0.3) is 0 Å². The van der Waals surface area contributed by atoms with Crippen molar-refractivity contribution in [3.8, 4) is 44.5 Å². The number of rotatable bonds is 10. The van der Waals surface area contributed by atoms with E-state index < -0.39 is 0 Å². The van der Waals surface area contributed by atoms with Gasteiger partial charge in [-0.3, -0.25) is 0 Å². The predicted octanol–water partition coefficient (Wildman–Crippen LogP) is 12.8. The fraction of sp³-hybridized carbons (Fsp3) is 0.318. The van der Waals surface area contributed by atoms with Crippen molar-refractivity contribution in [3.05, 3.63) is 119 Å². The van der Waals surface area contributed by atoms with Crippen LogP contribution < -0.4 is 0 Å². The van der Waals surface area contributed by atoms with E-state index in [9.17, 15) is 0 Å². The van der Waals surface area contributed by atoms with Crippen molar-refractivity contribution in [3.63, 3.8) is 0 Å². The molecule has 2 nitrogen and oxygen atoms in total. The predicted molar refractivity (Wildman–Crippen MR) is 200 cm³/mol. The van der Waals surface area contributed by atoms with Gasteiger partial charge in [-0.15, -0.1) is 0 Å². The lowest BCUT2D eigenvalue weighted by Gasteiger charge is -2.32. The summed E-state index contributed by atoms with van der Waals surface area (Å²) in [7, 11) is 0. The van der Waals surface area contributed by atoms with Crippen molar-refractivity contribution in [1.82, 2.24) is 8.75 Å². The highest BCUT2D eigenvalue weighted by Crippen LogP contribution is 2.56. The summed E-state index contributed by atoms with van der Waals surface area (Å²) in [5.74, 6) is 0. The molecule has 236 valence electrons. The quantitative estimate of drug-likeness (QED) is 0.150. The molecule has 0 atom stereocenters. The second kappa shape index (κ2) is 11.9. The maximum atomic E-state index is 4.95. The average Bonchev–Trinajstić information content (AvgIpc) is 3.77. The molecule has 0 aliphatic heterocycles. The molecule has 2 aliphatic carbocycles. The molecule has 0 unspecified atom stereocenters. The summed E-state index contributed by atoms with van der Waals surface area (Å²) < 4.78 is 9.89. The number of fused-ring (bicyclic) bond motifs is 7. The lowest BCUT2D eigenvalue weighted by atomic mass is 9.71. The Morgan fingerprint density at radius 2 is 0.787 bits per heavy atom. The van der Waals surface area contributed by atoms with Crippen LogP contribution in [0.4, 0.5) is 0 Å². The van der Waals surface area contributed by atoms with Gasteiger partial charge in [0.15, 0.2) is 0 Å². The number of benzene rings is 5. The van der Waals surface area contributed by atoms with E-state index in [0.29, 0.717) is 0 Å². The molecular weight excluding hydrogens is 589 g/mol. The van der Waals surface area contributed by atoms with Gasteiger partial charge in [-0.05, 0) is 93.5 Å². The van der Waals surface area contributed by atoms with Crippen LogP contribution in [0.5, 0.6) is 0 Å². The molecule has 2 aliphatic rings. The molecule has 6 aromatic rings. The first kappa shape index (κ1) is 30.3. The lowest BCUT2D eigenvalue weighted by Crippen LogP contribution is -2.25. The second-order valence-corrected chi connectivity index (χ2v) is 14.4. The highest BCUT2D eigenvalue weighted by Gasteiger charge is 2.43. The summed E-state index contributed by atoms with van der Waals surface area (Å²) in [4.78, 5) is 0. The lowest BCUT2D eigenvalue weighted by molar-refractivity contribution is 0.436. The van der Waals surface area contributed by atoms with E-state index in [0.717, 1.165) is 36.7 Å². The van der Waals surface area contributed by atoms with E-state index in [1.54, 1.807) is 0 Å². The minimum Gasteiger partial charge on any atom is -0.172 e. The molecule has 1 heterocycles. The second-order valence-electron chi connectivity index (χ2n) is 13.9. The number of hydrogen-bond acceptors (Lipinski definition) is 3. The minimum atomic E-state index is 0.0658. The van der Waals surface area contributed by atoms with Crippen molar-refractivity contribution >= 4 is 22.8 Å². The van der Waals surface area contributed by atoms with Crippen molar-refractivity contribution < 1.29 is 0 Å². The van der Waals surface area contributed by atoms with E-state index in [2.05, 4.69) is 125 Å². The first-order valence-corrected chi connectivity index (χ1v) is 18.6. The van der Waals surface area contributed by atoms with Crippen LogP contribution in [0.3, 0.4) is 0 Å². The Kier molecular flexibility index (Phi) is 7.64. The minimum absolute atomic E-state index is 0.0658. The molecule has 8 rings (SSSR count). The third-order valence-corrected chi connectivity index (χ3v) is 11.8. The largest absolute Gasteiger partial charge is 0.172 e. The van der Waals surface area contributed by atoms with E-state index in [-0.39, 0.29) is 10.8 Å². The zero-order chi connectivity index (χ0) is 32.2.